The minimum atomic E-state index is -0.455. The minimum Gasteiger partial charge on any atom is -0.497 e. The zero-order valence-corrected chi connectivity index (χ0v) is 8.41. The van der Waals surface area contributed by atoms with Gasteiger partial charge in [-0.25, -0.2) is 0 Å². The highest BCUT2D eigenvalue weighted by Crippen LogP contribution is 2.18. The second kappa shape index (κ2) is 4.91. The molecule has 15 heavy (non-hydrogen) atoms. The molecule has 0 saturated heterocycles. The molecular formula is C11H12N2O2. The lowest BCUT2D eigenvalue weighted by atomic mass is 10.1. The molecule has 1 aromatic carbocycles. The summed E-state index contributed by atoms with van der Waals surface area (Å²) in [5, 5.41) is 0. The van der Waals surface area contributed by atoms with Crippen LogP contribution in [0, 0.1) is 11.8 Å². The smallest absolute Gasteiger partial charge is 0.229 e. The number of anilines is 1. The fourth-order valence-electron chi connectivity index (χ4n) is 0.997. The highest BCUT2D eigenvalue weighted by atomic mass is 16.5. The monoisotopic (exact) mass is 204 g/mol. The molecule has 4 N–H and O–H groups in total. The van der Waals surface area contributed by atoms with Crippen molar-refractivity contribution in [3.63, 3.8) is 0 Å². The summed E-state index contributed by atoms with van der Waals surface area (Å²) in [6.07, 6.45) is 0.0245. The number of amides is 1. The number of ether oxygens (including phenoxy) is 1. The van der Waals surface area contributed by atoms with E-state index in [1.165, 1.54) is 0 Å². The maximum Gasteiger partial charge on any atom is 0.229 e. The Bertz CT molecular complexity index is 430. The molecule has 0 aromatic heterocycles. The first kappa shape index (κ1) is 10.9. The fraction of sp³-hybridized carbons (Fsp3) is 0.182. The number of primary amides is 1. The zero-order valence-electron chi connectivity index (χ0n) is 8.41. The lowest BCUT2D eigenvalue weighted by Gasteiger charge is -2.02. The van der Waals surface area contributed by atoms with Crippen LogP contribution in [-0.4, -0.2) is 13.0 Å². The summed E-state index contributed by atoms with van der Waals surface area (Å²) < 4.78 is 5.02. The summed E-state index contributed by atoms with van der Waals surface area (Å²) in [4.78, 5) is 10.5. The molecule has 78 valence electrons. The van der Waals surface area contributed by atoms with Gasteiger partial charge in [0.05, 0.1) is 19.1 Å². The van der Waals surface area contributed by atoms with E-state index in [2.05, 4.69) is 11.8 Å². The van der Waals surface area contributed by atoms with Crippen LogP contribution in [0.3, 0.4) is 0 Å². The van der Waals surface area contributed by atoms with Crippen molar-refractivity contribution in [1.29, 1.82) is 0 Å². The summed E-state index contributed by atoms with van der Waals surface area (Å²) in [7, 11) is 1.56. The third-order valence-corrected chi connectivity index (χ3v) is 1.75. The Labute approximate surface area is 88.2 Å². The second-order valence-electron chi connectivity index (χ2n) is 2.90. The molecule has 1 rings (SSSR count). The third-order valence-electron chi connectivity index (χ3n) is 1.75. The molecule has 0 atom stereocenters. The van der Waals surface area contributed by atoms with Crippen LogP contribution >= 0.6 is 0 Å². The number of hydrogen-bond donors (Lipinski definition) is 2. The molecule has 4 heteroatoms. The average molecular weight is 204 g/mol. The van der Waals surface area contributed by atoms with Gasteiger partial charge in [0, 0.05) is 5.69 Å². The first-order valence-corrected chi connectivity index (χ1v) is 4.34. The predicted molar refractivity (Wildman–Crippen MR) is 58.1 cm³/mol. The highest BCUT2D eigenvalue weighted by Gasteiger charge is 1.97. The molecule has 0 fully saturated rings. The van der Waals surface area contributed by atoms with Crippen molar-refractivity contribution in [1.82, 2.24) is 0 Å². The molecule has 0 aliphatic rings. The number of rotatable bonds is 2. The van der Waals surface area contributed by atoms with Crippen molar-refractivity contribution in [2.45, 2.75) is 6.42 Å². The zero-order chi connectivity index (χ0) is 11.3. The van der Waals surface area contributed by atoms with E-state index in [0.29, 0.717) is 17.0 Å². The van der Waals surface area contributed by atoms with E-state index in [1.54, 1.807) is 25.3 Å². The van der Waals surface area contributed by atoms with Crippen molar-refractivity contribution in [3.05, 3.63) is 23.8 Å². The van der Waals surface area contributed by atoms with Gasteiger partial charge in [-0.2, -0.15) is 0 Å². The van der Waals surface area contributed by atoms with Gasteiger partial charge in [-0.1, -0.05) is 11.8 Å². The van der Waals surface area contributed by atoms with Gasteiger partial charge in [-0.05, 0) is 18.2 Å². The molecule has 1 aromatic rings. The summed E-state index contributed by atoms with van der Waals surface area (Å²) in [6.45, 7) is 0. The lowest BCUT2D eigenvalue weighted by molar-refractivity contribution is -0.117. The van der Waals surface area contributed by atoms with Gasteiger partial charge < -0.3 is 16.2 Å². The van der Waals surface area contributed by atoms with Gasteiger partial charge in [0.2, 0.25) is 5.91 Å². The van der Waals surface area contributed by atoms with Crippen LogP contribution in [0.5, 0.6) is 5.75 Å². The number of nitrogen functional groups attached to an aromatic ring is 1. The SMILES string of the molecule is COc1ccc(N)c(C#CCC(N)=O)c1. The van der Waals surface area contributed by atoms with E-state index < -0.39 is 5.91 Å². The fourth-order valence-corrected chi connectivity index (χ4v) is 0.997. The molecule has 0 bridgehead atoms. The van der Waals surface area contributed by atoms with Crippen LogP contribution in [0.15, 0.2) is 18.2 Å². The summed E-state index contributed by atoms with van der Waals surface area (Å²) >= 11 is 0. The van der Waals surface area contributed by atoms with Gasteiger partial charge in [0.1, 0.15) is 5.75 Å². The Kier molecular flexibility index (Phi) is 3.58. The largest absolute Gasteiger partial charge is 0.497 e. The van der Waals surface area contributed by atoms with Crippen LogP contribution in [-0.2, 0) is 4.79 Å². The average Bonchev–Trinajstić information content (AvgIpc) is 2.20. The number of carbonyl (C=O) groups is 1. The van der Waals surface area contributed by atoms with Crippen molar-refractivity contribution >= 4 is 11.6 Å². The van der Waals surface area contributed by atoms with E-state index in [1.807, 2.05) is 0 Å². The van der Waals surface area contributed by atoms with Gasteiger partial charge in [-0.3, -0.25) is 4.79 Å². The quantitative estimate of drug-likeness (QED) is 0.544. The maximum absolute atomic E-state index is 10.5. The molecule has 0 unspecified atom stereocenters. The number of carbonyl (C=O) groups excluding carboxylic acids is 1. The molecule has 0 saturated carbocycles. The van der Waals surface area contributed by atoms with E-state index >= 15 is 0 Å². The lowest BCUT2D eigenvalue weighted by Crippen LogP contribution is -2.08. The molecule has 1 amide bonds. The van der Waals surface area contributed by atoms with Crippen LogP contribution in [0.4, 0.5) is 5.69 Å². The first-order chi connectivity index (χ1) is 7.13. The van der Waals surface area contributed by atoms with Crippen molar-refractivity contribution in [2.75, 3.05) is 12.8 Å². The normalized spacial score (nSPS) is 8.87. The summed E-state index contributed by atoms with van der Waals surface area (Å²) in [6, 6.07) is 5.16. The van der Waals surface area contributed by atoms with Crippen molar-refractivity contribution < 1.29 is 9.53 Å². The Hall–Kier alpha value is -2.15. The molecular weight excluding hydrogens is 192 g/mol. The van der Waals surface area contributed by atoms with Crippen LogP contribution in [0.1, 0.15) is 12.0 Å². The highest BCUT2D eigenvalue weighted by molar-refractivity contribution is 5.76. The standard InChI is InChI=1S/C11H12N2O2/c1-15-9-5-6-10(12)8(7-9)3-2-4-11(13)14/h5-7H,4,12H2,1H3,(H2,13,14). The van der Waals surface area contributed by atoms with Gasteiger partial charge in [0.15, 0.2) is 0 Å². The summed E-state index contributed by atoms with van der Waals surface area (Å²) in [5.41, 5.74) is 11.8. The Morgan fingerprint density at radius 3 is 2.87 bits per heavy atom. The Balaban J connectivity index is 2.91. The third kappa shape index (κ3) is 3.24. The number of nitrogens with two attached hydrogens (primary N) is 2. The van der Waals surface area contributed by atoms with E-state index in [9.17, 15) is 4.79 Å². The Morgan fingerprint density at radius 1 is 1.53 bits per heavy atom. The minimum absolute atomic E-state index is 0.0245. The number of hydrogen-bond acceptors (Lipinski definition) is 3. The topological polar surface area (TPSA) is 78.3 Å². The van der Waals surface area contributed by atoms with Crippen molar-refractivity contribution in [3.8, 4) is 17.6 Å². The van der Waals surface area contributed by atoms with E-state index in [-0.39, 0.29) is 6.42 Å². The van der Waals surface area contributed by atoms with Crippen LogP contribution < -0.4 is 16.2 Å². The van der Waals surface area contributed by atoms with Gasteiger partial charge in [-0.15, -0.1) is 0 Å². The molecule has 0 aliphatic heterocycles. The molecule has 0 aliphatic carbocycles. The van der Waals surface area contributed by atoms with Crippen LogP contribution in [0.25, 0.3) is 0 Å². The van der Waals surface area contributed by atoms with Crippen LogP contribution in [0.2, 0.25) is 0 Å². The van der Waals surface area contributed by atoms with Gasteiger partial charge >= 0.3 is 0 Å². The van der Waals surface area contributed by atoms with Crippen molar-refractivity contribution in [2.24, 2.45) is 5.73 Å². The van der Waals surface area contributed by atoms with Gasteiger partial charge in [0.25, 0.3) is 0 Å². The molecule has 0 heterocycles. The maximum atomic E-state index is 10.5. The van der Waals surface area contributed by atoms with E-state index in [0.717, 1.165) is 0 Å². The molecule has 0 radical (unpaired) electrons. The second-order valence-corrected chi connectivity index (χ2v) is 2.90. The Morgan fingerprint density at radius 2 is 2.27 bits per heavy atom. The predicted octanol–water partition coefficient (Wildman–Crippen LogP) is 0.504. The first-order valence-electron chi connectivity index (χ1n) is 4.34. The molecule has 0 spiro atoms. The number of methoxy groups -OCH3 is 1. The number of benzene rings is 1. The summed E-state index contributed by atoms with van der Waals surface area (Å²) in [5.74, 6) is 5.62. The van der Waals surface area contributed by atoms with E-state index in [4.69, 9.17) is 16.2 Å². The molecule has 4 nitrogen and oxygen atoms in total.